The molecule has 0 spiro atoms. The Morgan fingerprint density at radius 1 is 1.22 bits per heavy atom. The highest BCUT2D eigenvalue weighted by Crippen LogP contribution is 2.31. The van der Waals surface area contributed by atoms with Gasteiger partial charge in [-0.25, -0.2) is 4.79 Å². The first-order chi connectivity index (χ1) is 12.6. The second kappa shape index (κ2) is 9.28. The molecular formula is C18H34N2O6S. The molecule has 9 heteroatoms. The van der Waals surface area contributed by atoms with Crippen LogP contribution in [0.3, 0.4) is 0 Å². The number of likely N-dealkylation sites (tertiary alicyclic amines) is 1. The van der Waals surface area contributed by atoms with E-state index >= 15 is 0 Å². The fourth-order valence-corrected chi connectivity index (χ4v) is 4.45. The fraction of sp³-hybridized carbons (Fsp3) is 0.944. The summed E-state index contributed by atoms with van der Waals surface area (Å²) in [7, 11) is 0. The van der Waals surface area contributed by atoms with Gasteiger partial charge in [-0.2, -0.15) is 0 Å². The van der Waals surface area contributed by atoms with Crippen molar-refractivity contribution in [1.29, 1.82) is 0 Å². The minimum atomic E-state index is -1.44. The second-order valence-corrected chi connectivity index (χ2v) is 9.03. The summed E-state index contributed by atoms with van der Waals surface area (Å²) in [5, 5.41) is 44.0. The van der Waals surface area contributed by atoms with Crippen LogP contribution in [0, 0.1) is 5.92 Å². The molecule has 2 amide bonds. The van der Waals surface area contributed by atoms with Gasteiger partial charge in [0.25, 0.3) is 0 Å². The topological polar surface area (TPSA) is 122 Å². The lowest BCUT2D eigenvalue weighted by Gasteiger charge is -2.46. The molecule has 2 fully saturated rings. The smallest absolute Gasteiger partial charge is 0.317 e. The summed E-state index contributed by atoms with van der Waals surface area (Å²) in [6.07, 6.45) is -0.479. The molecule has 8 nitrogen and oxygen atoms in total. The molecule has 2 saturated heterocycles. The molecule has 158 valence electrons. The van der Waals surface area contributed by atoms with Crippen molar-refractivity contribution in [2.45, 2.75) is 81.5 Å². The van der Waals surface area contributed by atoms with E-state index in [1.807, 2.05) is 0 Å². The van der Waals surface area contributed by atoms with Crippen LogP contribution in [0.15, 0.2) is 0 Å². The maximum absolute atomic E-state index is 12.7. The van der Waals surface area contributed by atoms with E-state index in [1.165, 1.54) is 25.6 Å². The predicted molar refractivity (Wildman–Crippen MR) is 103 cm³/mol. The van der Waals surface area contributed by atoms with Crippen LogP contribution in [-0.4, -0.2) is 92.2 Å². The Hall–Kier alpha value is -0.580. The molecule has 0 saturated carbocycles. The number of thioether (sulfide) groups is 1. The summed E-state index contributed by atoms with van der Waals surface area (Å²) < 4.78 is 5.75. The highest BCUT2D eigenvalue weighted by atomic mass is 32.2. The molecule has 27 heavy (non-hydrogen) atoms. The van der Waals surface area contributed by atoms with E-state index in [4.69, 9.17) is 4.74 Å². The van der Waals surface area contributed by atoms with Crippen LogP contribution < -0.4 is 5.32 Å². The number of aliphatic hydroxyl groups excluding tert-OH is 3. The van der Waals surface area contributed by atoms with Crippen molar-refractivity contribution in [2.75, 3.05) is 19.3 Å². The number of hydrogen-bond acceptors (Lipinski definition) is 7. The Morgan fingerprint density at radius 3 is 2.30 bits per heavy atom. The summed E-state index contributed by atoms with van der Waals surface area (Å²) >= 11 is 1.19. The standard InChI is InChI=1S/C18H34N2O6S/c1-5-10-6-8-20(9-7-10)17(24)19-15(18(2,3)25)14-12(22)11(21)13(23)16(26-14)27-4/h10-16,21-23,25H,5-9H2,1-4H3,(H,19,24)/t11-,12+,13?,14-,15?,16?/m1/s1. The number of piperidine rings is 1. The van der Waals surface area contributed by atoms with Gasteiger partial charge >= 0.3 is 6.03 Å². The number of nitrogens with one attached hydrogen (secondary N) is 1. The van der Waals surface area contributed by atoms with Gasteiger partial charge in [-0.05, 0) is 38.9 Å². The Labute approximate surface area is 165 Å². The van der Waals surface area contributed by atoms with E-state index in [0.717, 1.165) is 19.3 Å². The SMILES string of the molecule is CCC1CCN(C(=O)NC([C@@H]2OC(SC)C(O)[C@H](O)[C@@H]2O)C(C)(C)O)CC1. The van der Waals surface area contributed by atoms with E-state index in [-0.39, 0.29) is 6.03 Å². The number of amides is 2. The predicted octanol–water partition coefficient (Wildman–Crippen LogP) is 0.128. The van der Waals surface area contributed by atoms with Gasteiger partial charge in [-0.1, -0.05) is 13.3 Å². The number of hydrogen-bond donors (Lipinski definition) is 5. The highest BCUT2D eigenvalue weighted by molar-refractivity contribution is 7.99. The van der Waals surface area contributed by atoms with Crippen molar-refractivity contribution >= 4 is 17.8 Å². The minimum absolute atomic E-state index is 0.325. The number of urea groups is 1. The quantitative estimate of drug-likeness (QED) is 0.440. The van der Waals surface area contributed by atoms with Crippen LogP contribution in [0.25, 0.3) is 0 Å². The molecule has 3 unspecified atom stereocenters. The van der Waals surface area contributed by atoms with Gasteiger partial charge in [0.15, 0.2) is 0 Å². The lowest BCUT2D eigenvalue weighted by Crippen LogP contribution is -2.68. The zero-order valence-electron chi connectivity index (χ0n) is 16.5. The lowest BCUT2D eigenvalue weighted by atomic mass is 9.86. The van der Waals surface area contributed by atoms with E-state index < -0.39 is 41.5 Å². The van der Waals surface area contributed by atoms with Crippen molar-refractivity contribution in [1.82, 2.24) is 10.2 Å². The van der Waals surface area contributed by atoms with Crippen molar-refractivity contribution in [3.8, 4) is 0 Å². The molecule has 0 aromatic carbocycles. The number of rotatable bonds is 5. The van der Waals surface area contributed by atoms with Crippen molar-refractivity contribution in [2.24, 2.45) is 5.92 Å². The van der Waals surface area contributed by atoms with Crippen LogP contribution >= 0.6 is 11.8 Å². The number of aliphatic hydroxyl groups is 4. The Morgan fingerprint density at radius 2 is 1.81 bits per heavy atom. The molecule has 0 radical (unpaired) electrons. The Balaban J connectivity index is 2.12. The van der Waals surface area contributed by atoms with E-state index in [2.05, 4.69) is 12.2 Å². The van der Waals surface area contributed by atoms with Crippen LogP contribution in [0.1, 0.15) is 40.0 Å². The van der Waals surface area contributed by atoms with E-state index in [0.29, 0.717) is 19.0 Å². The van der Waals surface area contributed by atoms with Gasteiger partial charge in [0.2, 0.25) is 0 Å². The van der Waals surface area contributed by atoms with Crippen molar-refractivity contribution in [3.05, 3.63) is 0 Å². The molecule has 5 N–H and O–H groups in total. The number of carbonyl (C=O) groups excluding carboxylic acids is 1. The van der Waals surface area contributed by atoms with Gasteiger partial charge in [-0.15, -0.1) is 11.8 Å². The molecule has 2 heterocycles. The molecule has 0 aromatic heterocycles. The first-order valence-electron chi connectivity index (χ1n) is 9.60. The Kier molecular flexibility index (Phi) is 7.80. The van der Waals surface area contributed by atoms with Crippen LogP contribution in [0.4, 0.5) is 4.79 Å². The number of carbonyl (C=O) groups is 1. The molecule has 6 atom stereocenters. The molecule has 2 rings (SSSR count). The van der Waals surface area contributed by atoms with E-state index in [9.17, 15) is 25.2 Å². The second-order valence-electron chi connectivity index (χ2n) is 8.10. The highest BCUT2D eigenvalue weighted by Gasteiger charge is 2.50. The van der Waals surface area contributed by atoms with Gasteiger partial charge in [0.05, 0.1) is 11.6 Å². The van der Waals surface area contributed by atoms with Crippen LogP contribution in [-0.2, 0) is 4.74 Å². The maximum Gasteiger partial charge on any atom is 0.317 e. The fourth-order valence-electron chi connectivity index (χ4n) is 3.77. The Bertz CT molecular complexity index is 493. The summed E-state index contributed by atoms with van der Waals surface area (Å²) in [4.78, 5) is 14.5. The lowest BCUT2D eigenvalue weighted by molar-refractivity contribution is -0.216. The van der Waals surface area contributed by atoms with Gasteiger partial charge < -0.3 is 35.4 Å². The van der Waals surface area contributed by atoms with Gasteiger partial charge in [-0.3, -0.25) is 0 Å². The molecule has 0 aromatic rings. The third-order valence-corrected chi connectivity index (χ3v) is 6.54. The number of ether oxygens (including phenoxy) is 1. The first kappa shape index (κ1) is 22.7. The summed E-state index contributed by atoms with van der Waals surface area (Å²) in [5.74, 6) is 0.626. The molecule has 0 bridgehead atoms. The average Bonchev–Trinajstić information content (AvgIpc) is 2.64. The van der Waals surface area contributed by atoms with Crippen molar-refractivity contribution < 1.29 is 30.0 Å². The molecule has 0 aliphatic carbocycles. The zero-order valence-corrected chi connectivity index (χ0v) is 17.4. The van der Waals surface area contributed by atoms with Crippen LogP contribution in [0.2, 0.25) is 0 Å². The first-order valence-corrected chi connectivity index (χ1v) is 10.9. The monoisotopic (exact) mass is 406 g/mol. The minimum Gasteiger partial charge on any atom is -0.388 e. The number of nitrogens with zero attached hydrogens (tertiary/aromatic N) is 1. The zero-order chi connectivity index (χ0) is 20.4. The van der Waals surface area contributed by atoms with Crippen molar-refractivity contribution in [3.63, 3.8) is 0 Å². The normalized spacial score (nSPS) is 34.4. The van der Waals surface area contributed by atoms with Gasteiger partial charge in [0.1, 0.15) is 29.9 Å². The summed E-state index contributed by atoms with van der Waals surface area (Å²) in [6.45, 7) is 6.47. The summed E-state index contributed by atoms with van der Waals surface area (Å²) in [6, 6.07) is -1.28. The van der Waals surface area contributed by atoms with E-state index in [1.54, 1.807) is 11.2 Å². The largest absolute Gasteiger partial charge is 0.388 e. The third-order valence-electron chi connectivity index (χ3n) is 5.69. The summed E-state index contributed by atoms with van der Waals surface area (Å²) in [5.41, 5.74) is -2.18. The van der Waals surface area contributed by atoms with Gasteiger partial charge in [0, 0.05) is 13.1 Å². The third kappa shape index (κ3) is 5.27. The molecular weight excluding hydrogens is 372 g/mol. The maximum atomic E-state index is 12.7. The molecule has 2 aliphatic heterocycles. The average molecular weight is 407 g/mol. The van der Waals surface area contributed by atoms with Crippen LogP contribution in [0.5, 0.6) is 0 Å². The molecule has 2 aliphatic rings.